The zero-order valence-corrected chi connectivity index (χ0v) is 17.9. The van der Waals surface area contributed by atoms with Crippen LogP contribution in [0.5, 0.6) is 0 Å². The molecule has 32 heavy (non-hydrogen) atoms. The van der Waals surface area contributed by atoms with Crippen molar-refractivity contribution in [3.63, 3.8) is 0 Å². The lowest BCUT2D eigenvalue weighted by molar-refractivity contribution is 0.0953. The first-order valence-corrected chi connectivity index (χ1v) is 11.1. The summed E-state index contributed by atoms with van der Waals surface area (Å²) in [5.74, 6) is 0.835. The second-order valence-electron chi connectivity index (χ2n) is 8.07. The van der Waals surface area contributed by atoms with Crippen LogP contribution in [0.4, 0.5) is 5.82 Å². The van der Waals surface area contributed by atoms with Gasteiger partial charge < -0.3 is 14.8 Å². The smallest absolute Gasteiger partial charge is 0.251 e. The summed E-state index contributed by atoms with van der Waals surface area (Å²) in [6, 6.07) is 15.7. The summed E-state index contributed by atoms with van der Waals surface area (Å²) in [6.07, 6.45) is 8.65. The third-order valence-corrected chi connectivity index (χ3v) is 5.80. The molecule has 7 nitrogen and oxygen atoms in total. The van der Waals surface area contributed by atoms with Crippen LogP contribution < -0.4 is 10.2 Å². The van der Waals surface area contributed by atoms with Crippen molar-refractivity contribution in [2.75, 3.05) is 24.5 Å². The van der Waals surface area contributed by atoms with E-state index in [0.29, 0.717) is 12.1 Å². The van der Waals surface area contributed by atoms with Gasteiger partial charge >= 0.3 is 0 Å². The fourth-order valence-corrected chi connectivity index (χ4v) is 4.11. The van der Waals surface area contributed by atoms with Crippen molar-refractivity contribution >= 4 is 22.8 Å². The number of imidazole rings is 1. The molecule has 162 valence electrons. The van der Waals surface area contributed by atoms with Crippen molar-refractivity contribution in [3.8, 4) is 11.3 Å². The van der Waals surface area contributed by atoms with Crippen LogP contribution in [0.25, 0.3) is 22.3 Å². The van der Waals surface area contributed by atoms with Gasteiger partial charge in [0, 0.05) is 49.7 Å². The molecule has 0 saturated carbocycles. The van der Waals surface area contributed by atoms with Gasteiger partial charge in [0.2, 0.25) is 0 Å². The molecule has 0 unspecified atom stereocenters. The van der Waals surface area contributed by atoms with Crippen LogP contribution >= 0.6 is 0 Å². The lowest BCUT2D eigenvalue weighted by atomic mass is 10.1. The molecule has 4 aromatic rings. The van der Waals surface area contributed by atoms with Crippen LogP contribution in [0, 0.1) is 0 Å². The van der Waals surface area contributed by atoms with E-state index in [1.165, 1.54) is 12.8 Å². The highest BCUT2D eigenvalue weighted by molar-refractivity contribution is 5.97. The van der Waals surface area contributed by atoms with E-state index in [9.17, 15) is 4.79 Å². The Morgan fingerprint density at radius 3 is 2.62 bits per heavy atom. The van der Waals surface area contributed by atoms with Gasteiger partial charge in [-0.05, 0) is 37.5 Å². The Hall–Kier alpha value is -3.74. The highest BCUT2D eigenvalue weighted by Gasteiger charge is 2.20. The predicted octanol–water partition coefficient (Wildman–Crippen LogP) is 3.91. The second-order valence-corrected chi connectivity index (χ2v) is 8.07. The van der Waals surface area contributed by atoms with E-state index in [-0.39, 0.29) is 5.91 Å². The zero-order valence-electron chi connectivity index (χ0n) is 17.9. The number of nitrogens with zero attached hydrogens (tertiary/aromatic N) is 5. The number of carbonyl (C=O) groups excluding carboxylic acids is 1. The van der Waals surface area contributed by atoms with Gasteiger partial charge in [-0.3, -0.25) is 4.79 Å². The molecule has 5 rings (SSSR count). The topological polar surface area (TPSA) is 75.9 Å². The van der Waals surface area contributed by atoms with Crippen molar-refractivity contribution in [3.05, 3.63) is 72.8 Å². The minimum atomic E-state index is -0.0933. The van der Waals surface area contributed by atoms with Crippen LogP contribution in [-0.4, -0.2) is 45.1 Å². The highest BCUT2D eigenvalue weighted by Crippen LogP contribution is 2.31. The summed E-state index contributed by atoms with van der Waals surface area (Å²) >= 11 is 0. The van der Waals surface area contributed by atoms with E-state index >= 15 is 0 Å². The number of rotatable bonds is 7. The molecule has 2 aromatic carbocycles. The lowest BCUT2D eigenvalue weighted by Crippen LogP contribution is -2.25. The Bertz CT molecular complexity index is 1200. The number of hydrogen-bond donors (Lipinski definition) is 1. The highest BCUT2D eigenvalue weighted by atomic mass is 16.1. The van der Waals surface area contributed by atoms with Gasteiger partial charge in [0.15, 0.2) is 5.82 Å². The largest absolute Gasteiger partial charge is 0.355 e. The van der Waals surface area contributed by atoms with Gasteiger partial charge in [0.1, 0.15) is 5.69 Å². The molecule has 0 atom stereocenters. The van der Waals surface area contributed by atoms with Crippen LogP contribution in [0.15, 0.2) is 67.3 Å². The standard InChI is InChI=1S/C25H26N6O/c32-25(27-11-6-13-30-16-12-26-18-30)20-9-10-21-22(17-20)28-23(19-7-2-1-3-8-19)24(29-21)31-14-4-5-15-31/h1-3,7-10,12,16-18H,4-6,11,13-15H2,(H,27,32). The summed E-state index contributed by atoms with van der Waals surface area (Å²) in [6.45, 7) is 3.42. The maximum Gasteiger partial charge on any atom is 0.251 e. The Kier molecular flexibility index (Phi) is 5.79. The van der Waals surface area contributed by atoms with Gasteiger partial charge in [-0.2, -0.15) is 0 Å². The van der Waals surface area contributed by atoms with Crippen LogP contribution in [0.1, 0.15) is 29.6 Å². The fraction of sp³-hybridized carbons (Fsp3) is 0.280. The number of aryl methyl sites for hydroxylation is 1. The average molecular weight is 427 g/mol. The molecule has 0 aliphatic carbocycles. The van der Waals surface area contributed by atoms with Gasteiger partial charge in [-0.1, -0.05) is 30.3 Å². The minimum absolute atomic E-state index is 0.0933. The SMILES string of the molecule is O=C(NCCCn1ccnc1)c1ccc2nc(N3CCCC3)c(-c3ccccc3)nc2c1. The van der Waals surface area contributed by atoms with Crippen molar-refractivity contribution in [1.82, 2.24) is 24.8 Å². The predicted molar refractivity (Wildman–Crippen MR) is 126 cm³/mol. The number of amides is 1. The van der Waals surface area contributed by atoms with Crippen LogP contribution in [0.3, 0.4) is 0 Å². The first-order chi connectivity index (χ1) is 15.8. The maximum atomic E-state index is 12.7. The summed E-state index contributed by atoms with van der Waals surface area (Å²) in [4.78, 5) is 29.0. The second kappa shape index (κ2) is 9.18. The van der Waals surface area contributed by atoms with Gasteiger partial charge in [-0.15, -0.1) is 0 Å². The van der Waals surface area contributed by atoms with E-state index in [1.54, 1.807) is 12.5 Å². The fourth-order valence-electron chi connectivity index (χ4n) is 4.11. The molecule has 1 saturated heterocycles. The quantitative estimate of drug-likeness (QED) is 0.454. The molecule has 0 spiro atoms. The number of fused-ring (bicyclic) bond motifs is 1. The van der Waals surface area contributed by atoms with Gasteiger partial charge in [0.05, 0.1) is 17.4 Å². The van der Waals surface area contributed by atoms with Gasteiger partial charge in [0.25, 0.3) is 5.91 Å². The molecule has 0 radical (unpaired) electrons. The Morgan fingerprint density at radius 1 is 1.00 bits per heavy atom. The number of carbonyl (C=O) groups is 1. The third-order valence-electron chi connectivity index (χ3n) is 5.80. The van der Waals surface area contributed by atoms with Crippen molar-refractivity contribution in [2.24, 2.45) is 0 Å². The number of benzene rings is 2. The molecule has 1 N–H and O–H groups in total. The monoisotopic (exact) mass is 426 g/mol. The molecule has 1 amide bonds. The Labute approximate surface area is 187 Å². The van der Waals surface area contributed by atoms with E-state index in [0.717, 1.165) is 54.2 Å². The number of hydrogen-bond acceptors (Lipinski definition) is 5. The molecule has 2 aromatic heterocycles. The first kappa shape index (κ1) is 20.2. The van der Waals surface area contributed by atoms with Crippen molar-refractivity contribution in [1.29, 1.82) is 0 Å². The summed E-state index contributed by atoms with van der Waals surface area (Å²) in [5.41, 5.74) is 4.06. The molecule has 7 heteroatoms. The molecule has 1 aliphatic rings. The Balaban J connectivity index is 1.39. The minimum Gasteiger partial charge on any atom is -0.355 e. The van der Waals surface area contributed by atoms with Crippen LogP contribution in [-0.2, 0) is 6.54 Å². The van der Waals surface area contributed by atoms with Crippen molar-refractivity contribution in [2.45, 2.75) is 25.8 Å². The Morgan fingerprint density at radius 2 is 1.84 bits per heavy atom. The van der Waals surface area contributed by atoms with Gasteiger partial charge in [-0.25, -0.2) is 15.0 Å². The molecule has 0 bridgehead atoms. The molecular formula is C25H26N6O. The maximum absolute atomic E-state index is 12.7. The summed E-state index contributed by atoms with van der Waals surface area (Å²) in [5, 5.41) is 3.00. The average Bonchev–Trinajstić information content (AvgIpc) is 3.56. The van der Waals surface area contributed by atoms with Crippen molar-refractivity contribution < 1.29 is 4.79 Å². The third kappa shape index (κ3) is 4.32. The van der Waals surface area contributed by atoms with E-state index in [2.05, 4.69) is 27.3 Å². The summed E-state index contributed by atoms with van der Waals surface area (Å²) in [7, 11) is 0. The zero-order chi connectivity index (χ0) is 21.8. The normalized spacial score (nSPS) is 13.6. The number of nitrogens with one attached hydrogen (secondary N) is 1. The molecule has 1 aliphatic heterocycles. The molecular weight excluding hydrogens is 400 g/mol. The summed E-state index contributed by atoms with van der Waals surface area (Å²) < 4.78 is 2.00. The van der Waals surface area contributed by atoms with E-state index in [4.69, 9.17) is 9.97 Å². The lowest BCUT2D eigenvalue weighted by Gasteiger charge is -2.20. The molecule has 1 fully saturated rings. The van der Waals surface area contributed by atoms with E-state index in [1.807, 2.05) is 47.2 Å². The number of aromatic nitrogens is 4. The number of anilines is 1. The van der Waals surface area contributed by atoms with E-state index < -0.39 is 0 Å². The molecule has 3 heterocycles. The first-order valence-electron chi connectivity index (χ1n) is 11.1. The van der Waals surface area contributed by atoms with Crippen LogP contribution in [0.2, 0.25) is 0 Å².